The Bertz CT molecular complexity index is 1020. The first-order valence-electron chi connectivity index (χ1n) is 7.76. The topological polar surface area (TPSA) is 113 Å². The smallest absolute Gasteiger partial charge is 0.343 e. The number of nitrogens with zero attached hydrogens (tertiary/aromatic N) is 2. The molecule has 0 bridgehead atoms. The maximum absolute atomic E-state index is 12.1. The first-order chi connectivity index (χ1) is 13.0. The van der Waals surface area contributed by atoms with Gasteiger partial charge in [0.25, 0.3) is 5.69 Å². The highest BCUT2D eigenvalue weighted by molar-refractivity contribution is 5.91. The number of rotatable bonds is 5. The fourth-order valence-corrected chi connectivity index (χ4v) is 2.43. The molecule has 0 aliphatic heterocycles. The first kappa shape index (κ1) is 17.7. The van der Waals surface area contributed by atoms with E-state index in [9.17, 15) is 25.0 Å². The molecule has 0 radical (unpaired) electrons. The van der Waals surface area contributed by atoms with E-state index in [0.717, 1.165) is 0 Å². The number of nitro benzene ring substituents is 2. The zero-order valence-corrected chi connectivity index (χ0v) is 13.8. The number of carbonyl (C=O) groups excluding carboxylic acids is 1. The van der Waals surface area contributed by atoms with Gasteiger partial charge in [-0.1, -0.05) is 24.3 Å². The molecule has 0 spiro atoms. The van der Waals surface area contributed by atoms with Crippen molar-refractivity contribution in [3.8, 4) is 16.9 Å². The van der Waals surface area contributed by atoms with Crippen LogP contribution in [0.25, 0.3) is 11.1 Å². The van der Waals surface area contributed by atoms with Gasteiger partial charge in [-0.3, -0.25) is 20.2 Å². The summed E-state index contributed by atoms with van der Waals surface area (Å²) in [6.07, 6.45) is 0. The van der Waals surface area contributed by atoms with Crippen molar-refractivity contribution in [2.75, 3.05) is 0 Å². The van der Waals surface area contributed by atoms with Gasteiger partial charge in [-0.2, -0.15) is 0 Å². The lowest BCUT2D eigenvalue weighted by molar-refractivity contribution is -0.385. The molecule has 0 aromatic heterocycles. The van der Waals surface area contributed by atoms with Crippen LogP contribution in [-0.4, -0.2) is 15.8 Å². The third-order valence-electron chi connectivity index (χ3n) is 3.78. The van der Waals surface area contributed by atoms with Crippen LogP contribution in [0.5, 0.6) is 5.75 Å². The second-order valence-corrected chi connectivity index (χ2v) is 5.50. The SMILES string of the molecule is O=C(Oc1ccc(-c2ccc([N+](=O)[O-])cc2)cc1[N+](=O)[O-])c1ccccc1. The van der Waals surface area contributed by atoms with E-state index in [4.69, 9.17) is 4.74 Å². The van der Waals surface area contributed by atoms with Crippen LogP contribution in [0.15, 0.2) is 72.8 Å². The van der Waals surface area contributed by atoms with Crippen LogP contribution in [-0.2, 0) is 0 Å². The molecular formula is C19H12N2O6. The fourth-order valence-electron chi connectivity index (χ4n) is 2.43. The molecule has 3 rings (SSSR count). The van der Waals surface area contributed by atoms with E-state index in [0.29, 0.717) is 11.1 Å². The molecule has 0 saturated carbocycles. The molecule has 0 saturated heterocycles. The van der Waals surface area contributed by atoms with Crippen molar-refractivity contribution in [2.24, 2.45) is 0 Å². The molecular weight excluding hydrogens is 352 g/mol. The van der Waals surface area contributed by atoms with Crippen LogP contribution in [0.2, 0.25) is 0 Å². The average Bonchev–Trinajstić information content (AvgIpc) is 2.69. The van der Waals surface area contributed by atoms with Crippen LogP contribution in [0.1, 0.15) is 10.4 Å². The van der Waals surface area contributed by atoms with Crippen LogP contribution in [0, 0.1) is 20.2 Å². The second kappa shape index (κ2) is 7.44. The summed E-state index contributed by atoms with van der Waals surface area (Å²) >= 11 is 0. The maximum Gasteiger partial charge on any atom is 0.343 e. The fraction of sp³-hybridized carbons (Fsp3) is 0. The Labute approximate surface area is 152 Å². The highest BCUT2D eigenvalue weighted by atomic mass is 16.6. The van der Waals surface area contributed by atoms with Gasteiger partial charge in [0, 0.05) is 18.2 Å². The number of esters is 1. The van der Waals surface area contributed by atoms with Crippen molar-refractivity contribution in [2.45, 2.75) is 0 Å². The standard InChI is InChI=1S/C19H12N2O6/c22-19(14-4-2-1-3-5-14)27-18-11-8-15(12-17(18)21(25)26)13-6-9-16(10-7-13)20(23)24/h1-12H. The highest BCUT2D eigenvalue weighted by Gasteiger charge is 2.20. The van der Waals surface area contributed by atoms with Crippen LogP contribution in [0.4, 0.5) is 11.4 Å². The molecule has 0 fully saturated rings. The average molecular weight is 364 g/mol. The third kappa shape index (κ3) is 3.96. The van der Waals surface area contributed by atoms with Gasteiger partial charge in [-0.05, 0) is 41.5 Å². The van der Waals surface area contributed by atoms with Crippen molar-refractivity contribution < 1.29 is 19.4 Å². The quantitative estimate of drug-likeness (QED) is 0.287. The van der Waals surface area contributed by atoms with E-state index in [1.807, 2.05) is 0 Å². The summed E-state index contributed by atoms with van der Waals surface area (Å²) in [5.74, 6) is -0.888. The lowest BCUT2D eigenvalue weighted by atomic mass is 10.0. The Morgan fingerprint density at radius 2 is 1.41 bits per heavy atom. The zero-order valence-electron chi connectivity index (χ0n) is 13.8. The molecule has 0 N–H and O–H groups in total. The summed E-state index contributed by atoms with van der Waals surface area (Å²) in [6.45, 7) is 0. The van der Waals surface area contributed by atoms with Gasteiger partial charge in [0.15, 0.2) is 0 Å². The van der Waals surface area contributed by atoms with Crippen molar-refractivity contribution in [1.29, 1.82) is 0 Å². The normalized spacial score (nSPS) is 10.2. The van der Waals surface area contributed by atoms with Gasteiger partial charge in [0.05, 0.1) is 15.4 Å². The van der Waals surface area contributed by atoms with Gasteiger partial charge in [-0.25, -0.2) is 4.79 Å². The molecule has 8 heteroatoms. The van der Waals surface area contributed by atoms with Crippen molar-refractivity contribution in [3.05, 3.63) is 98.6 Å². The van der Waals surface area contributed by atoms with E-state index in [1.54, 1.807) is 36.4 Å². The van der Waals surface area contributed by atoms with Gasteiger partial charge >= 0.3 is 11.7 Å². The molecule has 0 unspecified atom stereocenters. The van der Waals surface area contributed by atoms with E-state index in [1.165, 1.54) is 36.4 Å². The Balaban J connectivity index is 1.92. The Morgan fingerprint density at radius 1 is 0.778 bits per heavy atom. The number of nitro groups is 2. The lowest BCUT2D eigenvalue weighted by Gasteiger charge is -2.07. The summed E-state index contributed by atoms with van der Waals surface area (Å²) < 4.78 is 5.16. The molecule has 0 atom stereocenters. The molecule has 3 aromatic rings. The maximum atomic E-state index is 12.1. The number of benzene rings is 3. The van der Waals surface area contributed by atoms with Gasteiger partial charge in [0.1, 0.15) is 0 Å². The minimum absolute atomic E-state index is 0.0818. The van der Waals surface area contributed by atoms with E-state index < -0.39 is 15.8 Å². The summed E-state index contributed by atoms with van der Waals surface area (Å²) in [7, 11) is 0. The predicted molar refractivity (Wildman–Crippen MR) is 96.6 cm³/mol. The first-order valence-corrected chi connectivity index (χ1v) is 7.76. The number of carbonyl (C=O) groups is 1. The van der Waals surface area contributed by atoms with Gasteiger partial charge in [-0.15, -0.1) is 0 Å². The molecule has 0 amide bonds. The summed E-state index contributed by atoms with van der Waals surface area (Å²) in [4.78, 5) is 33.1. The highest BCUT2D eigenvalue weighted by Crippen LogP contribution is 2.33. The summed E-state index contributed by atoms with van der Waals surface area (Å²) in [6, 6.07) is 17.9. The predicted octanol–water partition coefficient (Wildman–Crippen LogP) is 4.39. The Morgan fingerprint density at radius 3 is 2.00 bits per heavy atom. The third-order valence-corrected chi connectivity index (χ3v) is 3.78. The Kier molecular flexibility index (Phi) is 4.89. The van der Waals surface area contributed by atoms with Crippen molar-refractivity contribution in [1.82, 2.24) is 0 Å². The number of hydrogen-bond donors (Lipinski definition) is 0. The van der Waals surface area contributed by atoms with Crippen molar-refractivity contribution >= 4 is 17.3 Å². The van der Waals surface area contributed by atoms with Gasteiger partial charge < -0.3 is 4.74 Å². The minimum atomic E-state index is -0.707. The van der Waals surface area contributed by atoms with E-state index >= 15 is 0 Å². The van der Waals surface area contributed by atoms with Crippen LogP contribution < -0.4 is 4.74 Å². The number of non-ortho nitro benzene ring substituents is 1. The zero-order chi connectivity index (χ0) is 19.4. The summed E-state index contributed by atoms with van der Waals surface area (Å²) in [5, 5.41) is 22.1. The number of ether oxygens (including phenoxy) is 1. The minimum Gasteiger partial charge on any atom is -0.416 e. The monoisotopic (exact) mass is 364 g/mol. The van der Waals surface area contributed by atoms with Gasteiger partial charge in [0.2, 0.25) is 5.75 Å². The van der Waals surface area contributed by atoms with E-state index in [-0.39, 0.29) is 22.7 Å². The molecule has 0 heterocycles. The van der Waals surface area contributed by atoms with E-state index in [2.05, 4.69) is 0 Å². The van der Waals surface area contributed by atoms with Crippen LogP contribution >= 0.6 is 0 Å². The largest absolute Gasteiger partial charge is 0.416 e. The lowest BCUT2D eigenvalue weighted by Crippen LogP contribution is -2.09. The number of hydrogen-bond acceptors (Lipinski definition) is 6. The molecule has 0 aliphatic rings. The van der Waals surface area contributed by atoms with Crippen molar-refractivity contribution in [3.63, 3.8) is 0 Å². The van der Waals surface area contributed by atoms with Crippen LogP contribution in [0.3, 0.4) is 0 Å². The summed E-state index contributed by atoms with van der Waals surface area (Å²) in [5.41, 5.74) is 0.837. The second-order valence-electron chi connectivity index (χ2n) is 5.50. The molecule has 27 heavy (non-hydrogen) atoms. The molecule has 8 nitrogen and oxygen atoms in total. The Hall–Kier alpha value is -4.07. The molecule has 0 aliphatic carbocycles. The molecule has 3 aromatic carbocycles. The molecule has 134 valence electrons.